The highest BCUT2D eigenvalue weighted by atomic mass is 32.2. The molecule has 0 unspecified atom stereocenters. The van der Waals surface area contributed by atoms with E-state index in [1.807, 2.05) is 0 Å². The number of hydrogen-bond acceptors (Lipinski definition) is 3. The molecule has 13 heavy (non-hydrogen) atoms. The Bertz CT molecular complexity index is 364. The Labute approximate surface area is 78.3 Å². The van der Waals surface area contributed by atoms with Crippen molar-refractivity contribution in [3.8, 4) is 5.75 Å². The first kappa shape index (κ1) is 10.1. The second-order valence-corrected chi connectivity index (χ2v) is 4.77. The molecule has 0 spiro atoms. The Hall–Kier alpha value is -1.03. The molecule has 0 aliphatic carbocycles. The van der Waals surface area contributed by atoms with Crippen molar-refractivity contribution in [1.29, 1.82) is 0 Å². The van der Waals surface area contributed by atoms with Crippen LogP contribution in [0, 0.1) is 6.07 Å². The number of rotatable bonds is 3. The lowest BCUT2D eigenvalue weighted by atomic mass is 10.3. The zero-order valence-electron chi connectivity index (χ0n) is 7.57. The van der Waals surface area contributed by atoms with Gasteiger partial charge in [-0.2, -0.15) is 0 Å². The highest BCUT2D eigenvalue weighted by Gasteiger charge is 2.10. The minimum atomic E-state index is -3.11. The average molecular weight is 199 g/mol. The Morgan fingerprint density at radius 2 is 2.15 bits per heavy atom. The number of methoxy groups -OCH3 is 1. The van der Waals surface area contributed by atoms with E-state index in [-0.39, 0.29) is 10.6 Å². The van der Waals surface area contributed by atoms with Crippen molar-refractivity contribution >= 4 is 9.84 Å². The molecular weight excluding hydrogens is 188 g/mol. The smallest absolute Gasteiger partial charge is 0.178 e. The average Bonchev–Trinajstić information content (AvgIpc) is 2.18. The van der Waals surface area contributed by atoms with E-state index in [9.17, 15) is 8.42 Å². The molecule has 1 radical (unpaired) electrons. The third-order valence-electron chi connectivity index (χ3n) is 1.71. The SMILES string of the molecule is CCS(=O)(=O)c1c[c]c(OC)cc1. The minimum Gasteiger partial charge on any atom is -0.496 e. The maximum absolute atomic E-state index is 11.3. The summed E-state index contributed by atoms with van der Waals surface area (Å²) < 4.78 is 27.5. The van der Waals surface area contributed by atoms with Crippen molar-refractivity contribution in [2.75, 3.05) is 12.9 Å². The first-order valence-corrected chi connectivity index (χ1v) is 5.54. The second-order valence-electron chi connectivity index (χ2n) is 2.50. The van der Waals surface area contributed by atoms with Crippen LogP contribution in [0.4, 0.5) is 0 Å². The number of benzene rings is 1. The van der Waals surface area contributed by atoms with Crippen molar-refractivity contribution in [2.24, 2.45) is 0 Å². The van der Waals surface area contributed by atoms with Gasteiger partial charge in [-0.25, -0.2) is 8.42 Å². The normalized spacial score (nSPS) is 11.2. The van der Waals surface area contributed by atoms with Crippen molar-refractivity contribution in [3.05, 3.63) is 24.3 Å². The molecule has 71 valence electrons. The van der Waals surface area contributed by atoms with Gasteiger partial charge in [-0.1, -0.05) is 6.92 Å². The molecule has 1 aromatic carbocycles. The van der Waals surface area contributed by atoms with E-state index in [2.05, 4.69) is 6.07 Å². The van der Waals surface area contributed by atoms with Gasteiger partial charge in [0, 0.05) is 6.07 Å². The fourth-order valence-electron chi connectivity index (χ4n) is 0.883. The van der Waals surface area contributed by atoms with Crippen LogP contribution in [0.5, 0.6) is 5.75 Å². The summed E-state index contributed by atoms with van der Waals surface area (Å²) in [7, 11) is -1.60. The second kappa shape index (κ2) is 3.79. The van der Waals surface area contributed by atoms with E-state index in [0.717, 1.165) is 0 Å². The molecule has 0 amide bonds. The van der Waals surface area contributed by atoms with Gasteiger partial charge in [-0.05, 0) is 18.2 Å². The quantitative estimate of drug-likeness (QED) is 0.736. The molecule has 0 aliphatic heterocycles. The Kier molecular flexibility index (Phi) is 2.93. The zero-order chi connectivity index (χ0) is 9.90. The first-order chi connectivity index (χ1) is 6.10. The van der Waals surface area contributed by atoms with E-state index in [4.69, 9.17) is 4.74 Å². The number of sulfone groups is 1. The molecule has 1 rings (SSSR count). The molecular formula is C9H11O3S. The zero-order valence-corrected chi connectivity index (χ0v) is 8.39. The van der Waals surface area contributed by atoms with Crippen LogP contribution in [0.25, 0.3) is 0 Å². The summed E-state index contributed by atoms with van der Waals surface area (Å²) in [5.41, 5.74) is 0. The Morgan fingerprint density at radius 1 is 1.46 bits per heavy atom. The van der Waals surface area contributed by atoms with Crippen LogP contribution in [0.15, 0.2) is 23.1 Å². The highest BCUT2D eigenvalue weighted by Crippen LogP contribution is 2.15. The predicted molar refractivity (Wildman–Crippen MR) is 49.6 cm³/mol. The maximum atomic E-state index is 11.3. The van der Waals surface area contributed by atoms with Gasteiger partial charge >= 0.3 is 0 Å². The monoisotopic (exact) mass is 199 g/mol. The summed E-state index contributed by atoms with van der Waals surface area (Å²) in [6, 6.07) is 7.26. The summed E-state index contributed by atoms with van der Waals surface area (Å²) in [4.78, 5) is 0.288. The predicted octanol–water partition coefficient (Wildman–Crippen LogP) is 1.29. The van der Waals surface area contributed by atoms with Crippen molar-refractivity contribution in [1.82, 2.24) is 0 Å². The van der Waals surface area contributed by atoms with Crippen LogP contribution in [-0.4, -0.2) is 21.3 Å². The highest BCUT2D eigenvalue weighted by molar-refractivity contribution is 7.91. The van der Waals surface area contributed by atoms with Gasteiger partial charge in [0.05, 0.1) is 17.8 Å². The number of hydrogen-bond donors (Lipinski definition) is 0. The molecule has 0 aliphatic rings. The molecule has 0 saturated carbocycles. The Balaban J connectivity index is 3.06. The molecule has 0 fully saturated rings. The van der Waals surface area contributed by atoms with Gasteiger partial charge in [-0.15, -0.1) is 0 Å². The van der Waals surface area contributed by atoms with E-state index >= 15 is 0 Å². The molecule has 3 nitrogen and oxygen atoms in total. The molecule has 0 atom stereocenters. The molecule has 0 heterocycles. The fourth-order valence-corrected chi connectivity index (χ4v) is 1.73. The largest absolute Gasteiger partial charge is 0.496 e. The van der Waals surface area contributed by atoms with Crippen molar-refractivity contribution in [3.63, 3.8) is 0 Å². The van der Waals surface area contributed by atoms with Gasteiger partial charge in [0.2, 0.25) is 0 Å². The summed E-state index contributed by atoms with van der Waals surface area (Å²) in [5.74, 6) is 0.641. The molecule has 4 heteroatoms. The molecule has 0 saturated heterocycles. The lowest BCUT2D eigenvalue weighted by Crippen LogP contribution is -2.03. The van der Waals surface area contributed by atoms with Crippen LogP contribution in [-0.2, 0) is 9.84 Å². The van der Waals surface area contributed by atoms with Crippen LogP contribution in [0.2, 0.25) is 0 Å². The van der Waals surface area contributed by atoms with Crippen LogP contribution < -0.4 is 4.74 Å². The van der Waals surface area contributed by atoms with Gasteiger partial charge in [0.15, 0.2) is 9.84 Å². The lowest BCUT2D eigenvalue weighted by molar-refractivity contribution is 0.413. The van der Waals surface area contributed by atoms with Crippen LogP contribution >= 0.6 is 0 Å². The van der Waals surface area contributed by atoms with Crippen molar-refractivity contribution in [2.45, 2.75) is 11.8 Å². The third-order valence-corrected chi connectivity index (χ3v) is 3.45. The summed E-state index contributed by atoms with van der Waals surface area (Å²) in [6.07, 6.45) is 0. The summed E-state index contributed by atoms with van der Waals surface area (Å²) >= 11 is 0. The van der Waals surface area contributed by atoms with Gasteiger partial charge in [-0.3, -0.25) is 0 Å². The first-order valence-electron chi connectivity index (χ1n) is 3.88. The topological polar surface area (TPSA) is 43.4 Å². The van der Waals surface area contributed by atoms with E-state index in [1.54, 1.807) is 13.0 Å². The minimum absolute atomic E-state index is 0.104. The number of ether oxygens (including phenoxy) is 1. The maximum Gasteiger partial charge on any atom is 0.178 e. The summed E-state index contributed by atoms with van der Waals surface area (Å²) in [6.45, 7) is 1.61. The standard InChI is InChI=1S/C9H11O3S/c1-3-13(10,11)9-6-4-8(12-2)5-7-9/h4,6-7H,3H2,1-2H3. The van der Waals surface area contributed by atoms with Gasteiger partial charge in [0.1, 0.15) is 5.75 Å². The van der Waals surface area contributed by atoms with Crippen LogP contribution in [0.3, 0.4) is 0 Å². The summed E-state index contributed by atoms with van der Waals surface area (Å²) in [5, 5.41) is 0. The lowest BCUT2D eigenvalue weighted by Gasteiger charge is -2.02. The Morgan fingerprint density at radius 3 is 2.54 bits per heavy atom. The van der Waals surface area contributed by atoms with E-state index in [0.29, 0.717) is 5.75 Å². The molecule has 0 aromatic heterocycles. The van der Waals surface area contributed by atoms with Crippen LogP contribution in [0.1, 0.15) is 6.92 Å². The fraction of sp³-hybridized carbons (Fsp3) is 0.333. The van der Waals surface area contributed by atoms with E-state index in [1.165, 1.54) is 19.2 Å². The molecule has 0 N–H and O–H groups in total. The van der Waals surface area contributed by atoms with Gasteiger partial charge in [0.25, 0.3) is 0 Å². The third kappa shape index (κ3) is 2.21. The van der Waals surface area contributed by atoms with Crippen molar-refractivity contribution < 1.29 is 13.2 Å². The molecule has 1 aromatic rings. The van der Waals surface area contributed by atoms with E-state index < -0.39 is 9.84 Å². The molecule has 0 bridgehead atoms. The van der Waals surface area contributed by atoms with Gasteiger partial charge < -0.3 is 4.74 Å².